The van der Waals surface area contributed by atoms with Gasteiger partial charge in [0.2, 0.25) is 0 Å². The molecule has 6 heteroatoms. The van der Waals surface area contributed by atoms with Gasteiger partial charge in [-0.1, -0.05) is 26.0 Å². The van der Waals surface area contributed by atoms with E-state index >= 15 is 0 Å². The quantitative estimate of drug-likeness (QED) is 0.811. The highest BCUT2D eigenvalue weighted by Crippen LogP contribution is 2.31. The normalized spacial score (nSPS) is 13.2. The van der Waals surface area contributed by atoms with Crippen LogP contribution >= 0.6 is 0 Å². The smallest absolute Gasteiger partial charge is 0.362 e. The van der Waals surface area contributed by atoms with Crippen molar-refractivity contribution in [1.82, 2.24) is 10.2 Å². The largest absolute Gasteiger partial charge is 0.416 e. The van der Waals surface area contributed by atoms with Gasteiger partial charge in [0.1, 0.15) is 0 Å². The molecule has 0 fully saturated rings. The summed E-state index contributed by atoms with van der Waals surface area (Å²) >= 11 is 0. The van der Waals surface area contributed by atoms with E-state index in [0.717, 1.165) is 34.5 Å². The van der Waals surface area contributed by atoms with E-state index in [4.69, 9.17) is 0 Å². The van der Waals surface area contributed by atoms with Gasteiger partial charge < -0.3 is 5.32 Å². The van der Waals surface area contributed by atoms with Gasteiger partial charge in [0.25, 0.3) is 0 Å². The first-order chi connectivity index (χ1) is 11.1. The maximum atomic E-state index is 12.6. The fraction of sp³-hybridized carbons (Fsp3) is 0.444. The molecule has 2 aromatic rings. The summed E-state index contributed by atoms with van der Waals surface area (Å²) in [5.74, 6) is 0.946. The van der Waals surface area contributed by atoms with E-state index in [-0.39, 0.29) is 12.0 Å². The molecule has 1 N–H and O–H groups in total. The molecule has 0 saturated heterocycles. The first-order valence-electron chi connectivity index (χ1n) is 7.88. The number of rotatable bonds is 4. The van der Waals surface area contributed by atoms with Gasteiger partial charge in [0.15, 0.2) is 5.82 Å². The Labute approximate surface area is 140 Å². The molecule has 0 bridgehead atoms. The molecule has 3 nitrogen and oxygen atoms in total. The third kappa shape index (κ3) is 3.86. The van der Waals surface area contributed by atoms with E-state index in [9.17, 15) is 13.2 Å². The van der Waals surface area contributed by atoms with Gasteiger partial charge in [-0.2, -0.15) is 18.3 Å². The lowest BCUT2D eigenvalue weighted by Gasteiger charge is -2.19. The Hall–Kier alpha value is -2.11. The van der Waals surface area contributed by atoms with Crippen LogP contribution in [0.25, 0.3) is 0 Å². The average molecular weight is 337 g/mol. The summed E-state index contributed by atoms with van der Waals surface area (Å²) < 4.78 is 37.9. The lowest BCUT2D eigenvalue weighted by Crippen LogP contribution is -2.13. The third-order valence-corrected chi connectivity index (χ3v) is 4.20. The minimum atomic E-state index is -4.32. The minimum Gasteiger partial charge on any atom is -0.362 e. The summed E-state index contributed by atoms with van der Waals surface area (Å²) in [6.45, 7) is 9.99. The van der Waals surface area contributed by atoms with Crippen LogP contribution in [-0.4, -0.2) is 10.2 Å². The molecule has 130 valence electrons. The van der Waals surface area contributed by atoms with Gasteiger partial charge in [0.05, 0.1) is 17.3 Å². The van der Waals surface area contributed by atoms with Gasteiger partial charge in [0, 0.05) is 0 Å². The van der Waals surface area contributed by atoms with Crippen LogP contribution in [0.4, 0.5) is 19.0 Å². The monoisotopic (exact) mass is 337 g/mol. The highest BCUT2D eigenvalue weighted by molar-refractivity contribution is 5.49. The number of anilines is 1. The van der Waals surface area contributed by atoms with E-state index in [1.165, 1.54) is 12.1 Å². The molecule has 1 aromatic carbocycles. The Bertz CT molecular complexity index is 707. The van der Waals surface area contributed by atoms with E-state index in [1.54, 1.807) is 0 Å². The van der Waals surface area contributed by atoms with Crippen molar-refractivity contribution in [2.75, 3.05) is 5.32 Å². The van der Waals surface area contributed by atoms with Gasteiger partial charge in [-0.15, -0.1) is 5.10 Å². The van der Waals surface area contributed by atoms with Crippen LogP contribution in [0.2, 0.25) is 0 Å². The highest BCUT2D eigenvalue weighted by Gasteiger charge is 2.30. The number of halogens is 3. The molecule has 1 aromatic heterocycles. The molecule has 1 atom stereocenters. The highest BCUT2D eigenvalue weighted by atomic mass is 19.4. The Morgan fingerprint density at radius 3 is 2.00 bits per heavy atom. The van der Waals surface area contributed by atoms with Gasteiger partial charge >= 0.3 is 6.18 Å². The lowest BCUT2D eigenvalue weighted by molar-refractivity contribution is -0.137. The molecule has 0 unspecified atom stereocenters. The third-order valence-electron chi connectivity index (χ3n) is 4.20. The zero-order valence-corrected chi connectivity index (χ0v) is 14.5. The Balaban J connectivity index is 2.21. The first kappa shape index (κ1) is 18.2. The molecule has 0 aliphatic heterocycles. The topological polar surface area (TPSA) is 37.8 Å². The molecule has 0 aliphatic rings. The zero-order chi connectivity index (χ0) is 18.1. The van der Waals surface area contributed by atoms with Crippen molar-refractivity contribution in [3.05, 3.63) is 52.2 Å². The van der Waals surface area contributed by atoms with Crippen molar-refractivity contribution in [2.24, 2.45) is 0 Å². The maximum absolute atomic E-state index is 12.6. The second-order valence-corrected chi connectivity index (χ2v) is 6.32. The molecule has 1 heterocycles. The Morgan fingerprint density at radius 2 is 1.50 bits per heavy atom. The molecule has 2 rings (SSSR count). The van der Waals surface area contributed by atoms with Crippen LogP contribution in [0.1, 0.15) is 60.7 Å². The van der Waals surface area contributed by atoms with Crippen molar-refractivity contribution < 1.29 is 13.2 Å². The SMILES string of the molecule is Cc1c(N[C@H](C)c2ccc(C(F)(F)F)cc2)nnc(C(C)C)c1C. The number of benzene rings is 1. The predicted molar refractivity (Wildman–Crippen MR) is 89.1 cm³/mol. The van der Waals surface area contributed by atoms with E-state index in [0.29, 0.717) is 5.82 Å². The summed E-state index contributed by atoms with van der Waals surface area (Å²) in [6.07, 6.45) is -4.32. The fourth-order valence-corrected chi connectivity index (χ4v) is 2.56. The van der Waals surface area contributed by atoms with Gasteiger partial charge in [-0.25, -0.2) is 0 Å². The first-order valence-corrected chi connectivity index (χ1v) is 7.88. The van der Waals surface area contributed by atoms with Crippen LogP contribution in [0, 0.1) is 13.8 Å². The number of hydrogen-bond acceptors (Lipinski definition) is 3. The van der Waals surface area contributed by atoms with E-state index < -0.39 is 11.7 Å². The van der Waals surface area contributed by atoms with Crippen LogP contribution in [0.5, 0.6) is 0 Å². The molecule has 0 radical (unpaired) electrons. The Morgan fingerprint density at radius 1 is 0.917 bits per heavy atom. The maximum Gasteiger partial charge on any atom is 0.416 e. The summed E-state index contributed by atoms with van der Waals surface area (Å²) in [5.41, 5.74) is 3.16. The van der Waals surface area contributed by atoms with Crippen molar-refractivity contribution in [3.8, 4) is 0 Å². The van der Waals surface area contributed by atoms with Crippen molar-refractivity contribution in [3.63, 3.8) is 0 Å². The standard InChI is InChI=1S/C18H22F3N3/c1-10(2)16-11(3)12(4)17(24-23-16)22-13(5)14-6-8-15(9-7-14)18(19,20)21/h6-10,13H,1-5H3,(H,22,24)/t13-/m1/s1. The van der Waals surface area contributed by atoms with Crippen LogP contribution in [0.3, 0.4) is 0 Å². The molecular formula is C18H22F3N3. The van der Waals surface area contributed by atoms with Gasteiger partial charge in [-0.05, 0) is 55.5 Å². The van der Waals surface area contributed by atoms with Crippen LogP contribution in [-0.2, 0) is 6.18 Å². The van der Waals surface area contributed by atoms with Crippen LogP contribution in [0.15, 0.2) is 24.3 Å². The summed E-state index contributed by atoms with van der Waals surface area (Å²) in [4.78, 5) is 0. The van der Waals surface area contributed by atoms with Crippen LogP contribution < -0.4 is 5.32 Å². The number of alkyl halides is 3. The number of nitrogens with zero attached hydrogens (tertiary/aromatic N) is 2. The molecule has 0 spiro atoms. The Kier molecular flexibility index (Phi) is 5.16. The fourth-order valence-electron chi connectivity index (χ4n) is 2.56. The summed E-state index contributed by atoms with van der Waals surface area (Å²) in [6, 6.07) is 4.99. The average Bonchev–Trinajstić information content (AvgIpc) is 2.50. The number of nitrogens with one attached hydrogen (secondary N) is 1. The molecule has 0 aliphatic carbocycles. The molecular weight excluding hydrogens is 315 g/mol. The number of aromatic nitrogens is 2. The second-order valence-electron chi connectivity index (χ2n) is 6.32. The zero-order valence-electron chi connectivity index (χ0n) is 14.5. The van der Waals surface area contributed by atoms with Crippen molar-refractivity contribution >= 4 is 5.82 Å². The van der Waals surface area contributed by atoms with E-state index in [1.807, 2.05) is 20.8 Å². The van der Waals surface area contributed by atoms with Crippen molar-refractivity contribution in [2.45, 2.75) is 52.8 Å². The number of hydrogen-bond donors (Lipinski definition) is 1. The predicted octanol–water partition coefficient (Wildman–Crippen LogP) is 5.41. The minimum absolute atomic E-state index is 0.176. The lowest BCUT2D eigenvalue weighted by atomic mass is 10.0. The van der Waals surface area contributed by atoms with Gasteiger partial charge in [-0.3, -0.25) is 0 Å². The molecule has 0 saturated carbocycles. The van der Waals surface area contributed by atoms with E-state index in [2.05, 4.69) is 29.4 Å². The summed E-state index contributed by atoms with van der Waals surface area (Å²) in [5, 5.41) is 11.7. The molecule has 24 heavy (non-hydrogen) atoms. The van der Waals surface area contributed by atoms with Crippen molar-refractivity contribution in [1.29, 1.82) is 0 Å². The summed E-state index contributed by atoms with van der Waals surface area (Å²) in [7, 11) is 0. The second kappa shape index (κ2) is 6.79. The molecule has 0 amide bonds.